The molecule has 0 saturated carbocycles. The fraction of sp³-hybridized carbons (Fsp3) is 0.385. The first-order chi connectivity index (χ1) is 7.83. The lowest BCUT2D eigenvalue weighted by Crippen LogP contribution is -2.28. The van der Waals surface area contributed by atoms with Crippen LogP contribution in [0, 0.1) is 0 Å². The molecule has 1 nitrogen and oxygen atoms in total. The van der Waals surface area contributed by atoms with E-state index in [0.717, 1.165) is 6.42 Å². The largest absolute Gasteiger partial charge is 0.317 e. The Hall–Kier alpha value is -0.930. The zero-order chi connectivity index (χ0) is 11.4. The number of alkyl halides is 1. The quantitative estimate of drug-likeness (QED) is 0.840. The van der Waals surface area contributed by atoms with E-state index in [1.165, 1.54) is 15.6 Å². The Kier molecular flexibility index (Phi) is 3.91. The van der Waals surface area contributed by atoms with E-state index in [1.54, 1.807) is 11.3 Å². The van der Waals surface area contributed by atoms with Crippen molar-refractivity contribution in [2.45, 2.75) is 18.9 Å². The van der Waals surface area contributed by atoms with E-state index in [1.807, 2.05) is 7.05 Å². The Bertz CT molecular complexity index is 452. The molecule has 0 saturated heterocycles. The minimum absolute atomic E-state index is 0.237. The molecule has 0 aliphatic heterocycles. The number of likely N-dealkylation sites (N-methyl/N-ethyl adjacent to an activating group) is 1. The number of thiophene rings is 1. The molecule has 1 aromatic heterocycles. The van der Waals surface area contributed by atoms with Crippen molar-refractivity contribution < 1.29 is 4.39 Å². The molecule has 1 atom stereocenters. The second-order valence-electron chi connectivity index (χ2n) is 3.96. The highest BCUT2D eigenvalue weighted by molar-refractivity contribution is 7.17. The first-order valence-corrected chi connectivity index (χ1v) is 6.41. The van der Waals surface area contributed by atoms with Crippen LogP contribution < -0.4 is 5.32 Å². The summed E-state index contributed by atoms with van der Waals surface area (Å²) in [5, 5.41) is 6.55. The average Bonchev–Trinajstić information content (AvgIpc) is 2.75. The number of halogens is 1. The number of rotatable bonds is 5. The van der Waals surface area contributed by atoms with Gasteiger partial charge in [0.15, 0.2) is 0 Å². The fourth-order valence-corrected chi connectivity index (χ4v) is 2.68. The first-order valence-electron chi connectivity index (χ1n) is 5.53. The van der Waals surface area contributed by atoms with Gasteiger partial charge in [-0.05, 0) is 48.4 Å². The second kappa shape index (κ2) is 5.41. The molecule has 0 radical (unpaired) electrons. The zero-order valence-corrected chi connectivity index (χ0v) is 10.2. The van der Waals surface area contributed by atoms with Gasteiger partial charge in [0, 0.05) is 10.7 Å². The third kappa shape index (κ3) is 2.60. The predicted molar refractivity (Wildman–Crippen MR) is 69.0 cm³/mol. The molecular weight excluding hydrogens is 221 g/mol. The maximum absolute atomic E-state index is 12.3. The van der Waals surface area contributed by atoms with Crippen LogP contribution in [0.3, 0.4) is 0 Å². The van der Waals surface area contributed by atoms with Crippen LogP contribution in [0.25, 0.3) is 10.1 Å². The Labute approximate surface area is 99.3 Å². The van der Waals surface area contributed by atoms with Crippen LogP contribution in [0.2, 0.25) is 0 Å². The van der Waals surface area contributed by atoms with Gasteiger partial charge in [-0.15, -0.1) is 11.3 Å². The van der Waals surface area contributed by atoms with E-state index in [-0.39, 0.29) is 12.7 Å². The van der Waals surface area contributed by atoms with E-state index >= 15 is 0 Å². The molecule has 1 N–H and O–H groups in total. The van der Waals surface area contributed by atoms with Crippen LogP contribution in [-0.2, 0) is 6.42 Å². The van der Waals surface area contributed by atoms with Crippen molar-refractivity contribution in [1.29, 1.82) is 0 Å². The van der Waals surface area contributed by atoms with E-state index in [0.29, 0.717) is 6.42 Å². The van der Waals surface area contributed by atoms with Gasteiger partial charge in [-0.1, -0.05) is 12.1 Å². The van der Waals surface area contributed by atoms with E-state index in [2.05, 4.69) is 35.0 Å². The third-order valence-electron chi connectivity index (χ3n) is 2.86. The monoisotopic (exact) mass is 237 g/mol. The first kappa shape index (κ1) is 11.6. The minimum atomic E-state index is -0.258. The molecule has 0 amide bonds. The van der Waals surface area contributed by atoms with Gasteiger partial charge in [0.05, 0.1) is 6.67 Å². The van der Waals surface area contributed by atoms with Gasteiger partial charge in [0.1, 0.15) is 0 Å². The molecule has 0 aliphatic carbocycles. The van der Waals surface area contributed by atoms with Crippen LogP contribution in [-0.4, -0.2) is 19.8 Å². The fourth-order valence-electron chi connectivity index (χ4n) is 1.91. The van der Waals surface area contributed by atoms with Crippen LogP contribution in [0.15, 0.2) is 29.6 Å². The molecule has 1 aromatic carbocycles. The summed E-state index contributed by atoms with van der Waals surface area (Å²) in [5.74, 6) is 0. The molecule has 0 fully saturated rings. The average molecular weight is 237 g/mol. The number of fused-ring (bicyclic) bond motifs is 1. The summed E-state index contributed by atoms with van der Waals surface area (Å²) in [6, 6.07) is 8.86. The lowest BCUT2D eigenvalue weighted by molar-refractivity contribution is 0.407. The van der Waals surface area contributed by atoms with Gasteiger partial charge in [-0.2, -0.15) is 0 Å². The molecule has 3 heteroatoms. The number of hydrogen-bond acceptors (Lipinski definition) is 2. The highest BCUT2D eigenvalue weighted by Crippen LogP contribution is 2.22. The minimum Gasteiger partial charge on any atom is -0.317 e. The molecule has 86 valence electrons. The number of benzene rings is 1. The maximum atomic E-state index is 12.3. The normalized spacial score (nSPS) is 13.1. The van der Waals surface area contributed by atoms with Gasteiger partial charge in [0.25, 0.3) is 0 Å². The molecular formula is C13H16FNS. The molecule has 16 heavy (non-hydrogen) atoms. The van der Waals surface area contributed by atoms with Gasteiger partial charge < -0.3 is 5.32 Å². The molecule has 1 unspecified atom stereocenters. The molecule has 0 spiro atoms. The van der Waals surface area contributed by atoms with Crippen LogP contribution >= 0.6 is 11.3 Å². The Morgan fingerprint density at radius 2 is 2.25 bits per heavy atom. The maximum Gasteiger partial charge on any atom is 0.0909 e. The van der Waals surface area contributed by atoms with E-state index in [9.17, 15) is 4.39 Å². The van der Waals surface area contributed by atoms with Gasteiger partial charge >= 0.3 is 0 Å². The summed E-state index contributed by atoms with van der Waals surface area (Å²) in [6.07, 6.45) is 1.48. The summed E-state index contributed by atoms with van der Waals surface area (Å²) in [4.78, 5) is 0. The second-order valence-corrected chi connectivity index (χ2v) is 4.91. The summed E-state index contributed by atoms with van der Waals surface area (Å²) >= 11 is 1.76. The molecule has 2 aromatic rings. The van der Waals surface area contributed by atoms with Crippen molar-refractivity contribution in [3.63, 3.8) is 0 Å². The third-order valence-corrected chi connectivity index (χ3v) is 3.76. The van der Waals surface area contributed by atoms with Gasteiger partial charge in [-0.25, -0.2) is 0 Å². The number of hydrogen-bond donors (Lipinski definition) is 1. The summed E-state index contributed by atoms with van der Waals surface area (Å²) in [6.45, 7) is -0.258. The van der Waals surface area contributed by atoms with Crippen molar-refractivity contribution in [1.82, 2.24) is 5.32 Å². The van der Waals surface area contributed by atoms with Crippen LogP contribution in [0.4, 0.5) is 4.39 Å². The molecule has 1 heterocycles. The van der Waals surface area contributed by atoms with Crippen molar-refractivity contribution in [2.75, 3.05) is 13.7 Å². The van der Waals surface area contributed by atoms with E-state index < -0.39 is 0 Å². The van der Waals surface area contributed by atoms with Gasteiger partial charge in [-0.3, -0.25) is 4.39 Å². The highest BCUT2D eigenvalue weighted by Gasteiger charge is 2.07. The van der Waals surface area contributed by atoms with Crippen molar-refractivity contribution >= 4 is 21.4 Å². The van der Waals surface area contributed by atoms with Crippen LogP contribution in [0.5, 0.6) is 0 Å². The lowest BCUT2D eigenvalue weighted by atomic mass is 10.0. The summed E-state index contributed by atoms with van der Waals surface area (Å²) in [5.41, 5.74) is 1.28. The Morgan fingerprint density at radius 1 is 1.38 bits per heavy atom. The van der Waals surface area contributed by atoms with E-state index in [4.69, 9.17) is 0 Å². The predicted octanol–water partition coefficient (Wildman–Crippen LogP) is 3.39. The Balaban J connectivity index is 2.13. The Morgan fingerprint density at radius 3 is 3.00 bits per heavy atom. The topological polar surface area (TPSA) is 12.0 Å². The zero-order valence-electron chi connectivity index (χ0n) is 9.37. The molecule has 0 bridgehead atoms. The van der Waals surface area contributed by atoms with Gasteiger partial charge in [0.2, 0.25) is 0 Å². The summed E-state index contributed by atoms with van der Waals surface area (Å²) < 4.78 is 13.6. The lowest BCUT2D eigenvalue weighted by Gasteiger charge is -2.14. The summed E-state index contributed by atoms with van der Waals surface area (Å²) in [7, 11) is 1.89. The van der Waals surface area contributed by atoms with Crippen molar-refractivity contribution in [3.8, 4) is 0 Å². The van der Waals surface area contributed by atoms with Crippen molar-refractivity contribution in [3.05, 3.63) is 35.2 Å². The SMILES string of the molecule is CNC(CCF)Cc1ccc2sccc2c1. The van der Waals surface area contributed by atoms with Crippen molar-refractivity contribution in [2.24, 2.45) is 0 Å². The molecule has 0 aliphatic rings. The number of nitrogens with one attached hydrogen (secondary N) is 1. The molecule has 2 rings (SSSR count). The standard InChI is InChI=1S/C13H16FNS/c1-15-12(4-6-14)9-10-2-3-13-11(8-10)5-7-16-13/h2-3,5,7-8,12,15H,4,6,9H2,1H3. The smallest absolute Gasteiger partial charge is 0.0909 e. The highest BCUT2D eigenvalue weighted by atomic mass is 32.1. The van der Waals surface area contributed by atoms with Crippen LogP contribution in [0.1, 0.15) is 12.0 Å².